The van der Waals surface area contributed by atoms with E-state index in [-0.39, 0.29) is 87.4 Å². The number of carbonyl (C=O) groups is 8. The van der Waals surface area contributed by atoms with Gasteiger partial charge in [-0.15, -0.1) is 10.2 Å². The first-order valence-electron chi connectivity index (χ1n) is 30.2. The van der Waals surface area contributed by atoms with E-state index >= 15 is 0 Å². The summed E-state index contributed by atoms with van der Waals surface area (Å²) >= 11 is 0. The number of esters is 4. The third-order valence-corrected chi connectivity index (χ3v) is 15.6. The fraction of sp³-hybridized carbons (Fsp3) is 0.333. The maximum Gasteiger partial charge on any atom is 0.342 e. The van der Waals surface area contributed by atoms with Crippen molar-refractivity contribution in [2.75, 3.05) is 41.7 Å². The van der Waals surface area contributed by atoms with E-state index in [1.807, 2.05) is 121 Å². The number of benzene rings is 4. The first-order valence-corrected chi connectivity index (χ1v) is 30.2. The molecule has 28 heteroatoms. The molecule has 492 valence electrons. The van der Waals surface area contributed by atoms with Crippen molar-refractivity contribution >= 4 is 47.8 Å². The van der Waals surface area contributed by atoms with Crippen molar-refractivity contribution in [3.63, 3.8) is 0 Å². The molecule has 9 rings (SSSR count). The molecule has 0 spiro atoms. The first kappa shape index (κ1) is 67.4. The van der Waals surface area contributed by atoms with Crippen molar-refractivity contribution in [2.24, 2.45) is 0 Å². The smallest absolute Gasteiger partial charge is 0.342 e. The van der Waals surface area contributed by atoms with Crippen LogP contribution in [0.25, 0.3) is 0 Å². The number of carbonyl (C=O) groups excluding carboxylic acids is 8. The standard InChI is InChI=1S/C66H72N12O16/c1-89-61(83)53-51-27-25-43(37-79)69-65(87)71-47(31-41-21-13-7-14-22-41)50-36-78(76-74-50)34-46(30-40-19-11-6-12-20-40)68-60(82)58-56(64(86)92-4)54(62(84)90-2)52(94-58)28-26-44(38-80)70-66(88)72-48(32-42-23-15-8-16-24-42)49-35-77(75-73-49)33-45(29-39-17-9-5-10-18-39)67-59(81)57(93-51)55(53)63(85)91-3/h5-24,35-36,43-48,79-80H,25-34,37-38H2,1-4H3,(H,67,81)(H,68,82)(H2,69,71,87)(H2,70,72,88)/t43-,44-,45-,46-,47-,48-/m0/s1. The lowest BCUT2D eigenvalue weighted by molar-refractivity contribution is 0.0553. The minimum Gasteiger partial charge on any atom is -0.465 e. The second kappa shape index (κ2) is 32.3. The van der Waals surface area contributed by atoms with E-state index in [9.17, 15) is 48.6 Å². The molecule has 4 aromatic carbocycles. The summed E-state index contributed by atoms with van der Waals surface area (Å²) in [5.41, 5.74) is 1.84. The summed E-state index contributed by atoms with van der Waals surface area (Å²) in [6.07, 6.45) is 3.22. The van der Waals surface area contributed by atoms with Crippen molar-refractivity contribution < 1.29 is 76.4 Å². The second-order valence-corrected chi connectivity index (χ2v) is 22.2. The number of aliphatic hydroxyl groups excluding tert-OH is 2. The van der Waals surface area contributed by atoms with Gasteiger partial charge in [-0.3, -0.25) is 19.0 Å². The van der Waals surface area contributed by atoms with Crippen LogP contribution in [-0.4, -0.2) is 154 Å². The molecular weight excluding hydrogens is 1220 g/mol. The average Bonchev–Trinajstić information content (AvgIpc) is 1.66. The molecule has 1 aliphatic rings. The van der Waals surface area contributed by atoms with E-state index in [0.717, 1.165) is 50.7 Å². The number of aromatic nitrogens is 6. The minimum absolute atomic E-state index is 0.0539. The Morgan fingerprint density at radius 1 is 0.447 bits per heavy atom. The van der Waals surface area contributed by atoms with Gasteiger partial charge in [-0.05, 0) is 60.8 Å². The highest BCUT2D eigenvalue weighted by atomic mass is 16.5. The molecule has 0 saturated carbocycles. The third-order valence-electron chi connectivity index (χ3n) is 15.6. The van der Waals surface area contributed by atoms with Crippen LogP contribution in [0.1, 0.15) is 133 Å². The van der Waals surface area contributed by atoms with E-state index in [1.165, 1.54) is 9.36 Å². The van der Waals surface area contributed by atoms with Crippen LogP contribution in [0.2, 0.25) is 0 Å². The molecule has 8 N–H and O–H groups in total. The molecule has 8 aromatic rings. The average molecular weight is 1290 g/mol. The number of furan rings is 2. The molecule has 6 atom stereocenters. The Kier molecular flexibility index (Phi) is 23.2. The van der Waals surface area contributed by atoms with E-state index in [2.05, 4.69) is 52.5 Å². The van der Waals surface area contributed by atoms with Crippen LogP contribution in [0.5, 0.6) is 0 Å². The van der Waals surface area contributed by atoms with Gasteiger partial charge in [0.05, 0.1) is 103 Å². The highest BCUT2D eigenvalue weighted by Gasteiger charge is 2.38. The fourth-order valence-corrected chi connectivity index (χ4v) is 11.0. The van der Waals surface area contributed by atoms with Crippen LogP contribution < -0.4 is 31.9 Å². The number of aryl methyl sites for hydroxylation is 2. The topological polar surface area (TPSA) is 374 Å². The van der Waals surface area contributed by atoms with Crippen LogP contribution >= 0.6 is 0 Å². The third kappa shape index (κ3) is 17.3. The summed E-state index contributed by atoms with van der Waals surface area (Å²) in [5, 5.41) is 56.5. The molecule has 0 radical (unpaired) electrons. The molecule has 94 heavy (non-hydrogen) atoms. The molecule has 1 aliphatic heterocycles. The lowest BCUT2D eigenvalue weighted by atomic mass is 10.0. The number of hydrogen-bond acceptors (Lipinski definition) is 20. The lowest BCUT2D eigenvalue weighted by Gasteiger charge is -2.21. The zero-order valence-corrected chi connectivity index (χ0v) is 51.9. The summed E-state index contributed by atoms with van der Waals surface area (Å²) in [6.45, 7) is -1.35. The molecule has 28 nitrogen and oxygen atoms in total. The van der Waals surface area contributed by atoms with Gasteiger partial charge in [0.15, 0.2) is 0 Å². The maximum atomic E-state index is 14.7. The van der Waals surface area contributed by atoms with Crippen LogP contribution in [-0.2, 0) is 70.6 Å². The highest BCUT2D eigenvalue weighted by Crippen LogP contribution is 2.30. The number of hydrogen-bond donors (Lipinski definition) is 8. The second-order valence-electron chi connectivity index (χ2n) is 22.2. The van der Waals surface area contributed by atoms with Crippen molar-refractivity contribution in [3.8, 4) is 0 Å². The first-order chi connectivity index (χ1) is 45.6. The number of rotatable bonds is 14. The predicted molar refractivity (Wildman–Crippen MR) is 333 cm³/mol. The van der Waals surface area contributed by atoms with E-state index < -0.39 is 131 Å². The van der Waals surface area contributed by atoms with Gasteiger partial charge < -0.3 is 69.9 Å². The molecule has 0 unspecified atom stereocenters. The Balaban J connectivity index is 1.10. The lowest BCUT2D eigenvalue weighted by Crippen LogP contribution is -2.45. The molecule has 8 bridgehead atoms. The molecule has 0 fully saturated rings. The summed E-state index contributed by atoms with van der Waals surface area (Å²) in [7, 11) is 4.29. The molecule has 0 saturated heterocycles. The monoisotopic (exact) mass is 1290 g/mol. The minimum atomic E-state index is -1.10. The van der Waals surface area contributed by atoms with Gasteiger partial charge in [0.1, 0.15) is 45.2 Å². The van der Waals surface area contributed by atoms with E-state index in [4.69, 9.17) is 27.8 Å². The van der Waals surface area contributed by atoms with Gasteiger partial charge in [-0.25, -0.2) is 28.8 Å². The van der Waals surface area contributed by atoms with Crippen molar-refractivity contribution in [3.05, 3.63) is 213 Å². The summed E-state index contributed by atoms with van der Waals surface area (Å²) in [4.78, 5) is 113. The number of methoxy groups -OCH3 is 4. The maximum absolute atomic E-state index is 14.7. The van der Waals surface area contributed by atoms with Gasteiger partial charge in [0.25, 0.3) is 11.8 Å². The predicted octanol–water partition coefficient (Wildman–Crippen LogP) is 4.75. The number of ether oxygens (including phenoxy) is 4. The highest BCUT2D eigenvalue weighted by molar-refractivity contribution is 6.12. The van der Waals surface area contributed by atoms with Gasteiger partial charge in [-0.1, -0.05) is 132 Å². The van der Waals surface area contributed by atoms with Gasteiger partial charge in [0, 0.05) is 12.8 Å². The Morgan fingerprint density at radius 2 is 0.766 bits per heavy atom. The molecule has 0 aliphatic carbocycles. The van der Waals surface area contributed by atoms with Gasteiger partial charge in [-0.2, -0.15) is 0 Å². The summed E-state index contributed by atoms with van der Waals surface area (Å²) < 4.78 is 35.7. The van der Waals surface area contributed by atoms with Crippen LogP contribution in [0.15, 0.2) is 143 Å². The number of nitrogens with one attached hydrogen (secondary N) is 6. The molecule has 5 heterocycles. The van der Waals surface area contributed by atoms with Crippen LogP contribution in [0, 0.1) is 0 Å². The normalized spacial score (nSPS) is 18.7. The van der Waals surface area contributed by atoms with Crippen molar-refractivity contribution in [1.29, 1.82) is 0 Å². The van der Waals surface area contributed by atoms with Gasteiger partial charge in [0.2, 0.25) is 11.5 Å². The van der Waals surface area contributed by atoms with Crippen molar-refractivity contribution in [2.45, 2.75) is 101 Å². The number of urea groups is 2. The van der Waals surface area contributed by atoms with E-state index in [1.54, 1.807) is 12.4 Å². The SMILES string of the molecule is COC(=O)c1c2oc(c1C(=O)OC)C(=O)N[C@@H](Cc1ccccc1)Cn1cc(nn1)[C@H](Cc1ccccc1)NC(=O)N[C@H](CO)CCc1oc(c(C(=O)OC)c1C(=O)OC)C(=O)N[C@@H](Cc1ccccc1)Cn1cc(nn1)[C@H](Cc1ccccc1)NC(=O)N[C@H](CO)CC2. The largest absolute Gasteiger partial charge is 0.465 e. The molecular formula is C66H72N12O16. The number of amides is 6. The summed E-state index contributed by atoms with van der Waals surface area (Å²) in [6, 6.07) is 29.7. The van der Waals surface area contributed by atoms with Crippen LogP contribution in [0.4, 0.5) is 9.59 Å². The number of aliphatic hydroxyl groups is 2. The number of fused-ring (bicyclic) bond motifs is 8. The zero-order valence-electron chi connectivity index (χ0n) is 51.9. The summed E-state index contributed by atoms with van der Waals surface area (Å²) in [5.74, 6) is -7.69. The Bertz CT molecular complexity index is 3660. The van der Waals surface area contributed by atoms with E-state index in [0.29, 0.717) is 0 Å². The molecule has 6 amide bonds. The Hall–Kier alpha value is -11.0. The van der Waals surface area contributed by atoms with Crippen molar-refractivity contribution in [1.82, 2.24) is 61.9 Å². The number of nitrogens with zero attached hydrogens (tertiary/aromatic N) is 6. The zero-order chi connectivity index (χ0) is 66.7. The quantitative estimate of drug-likeness (QED) is 0.0538. The fourth-order valence-electron chi connectivity index (χ4n) is 11.0. The van der Waals surface area contributed by atoms with Crippen LogP contribution in [0.3, 0.4) is 0 Å². The Morgan fingerprint density at radius 3 is 1.09 bits per heavy atom. The van der Waals surface area contributed by atoms with Gasteiger partial charge >= 0.3 is 35.9 Å². The molecule has 4 aromatic heterocycles. The Labute approximate surface area is 539 Å².